The summed E-state index contributed by atoms with van der Waals surface area (Å²) in [6.45, 7) is 2.05. The molecule has 9 heteroatoms. The van der Waals surface area contributed by atoms with Crippen LogP contribution in [0.25, 0.3) is 16.7 Å². The average molecular weight is 373 g/mol. The second-order valence-electron chi connectivity index (χ2n) is 6.83. The highest BCUT2D eigenvalue weighted by Gasteiger charge is 2.39. The lowest BCUT2D eigenvalue weighted by Crippen LogP contribution is -2.22. The molecule has 1 aromatic carbocycles. The van der Waals surface area contributed by atoms with Gasteiger partial charge in [-0.15, -0.1) is 0 Å². The lowest BCUT2D eigenvalue weighted by Gasteiger charge is -2.14. The van der Waals surface area contributed by atoms with Crippen LogP contribution in [0.5, 0.6) is 0 Å². The normalized spacial score (nSPS) is 24.4. The van der Waals surface area contributed by atoms with Gasteiger partial charge < -0.3 is 14.8 Å². The molecular formula is C18H17F2N5O2. The van der Waals surface area contributed by atoms with Crippen molar-refractivity contribution in [1.29, 1.82) is 0 Å². The van der Waals surface area contributed by atoms with Gasteiger partial charge in [-0.3, -0.25) is 0 Å². The Balaban J connectivity index is 1.38. The van der Waals surface area contributed by atoms with E-state index in [1.807, 2.05) is 0 Å². The molecule has 0 saturated carbocycles. The molecule has 7 nitrogen and oxygen atoms in total. The van der Waals surface area contributed by atoms with E-state index < -0.39 is 11.6 Å². The van der Waals surface area contributed by atoms with Crippen LogP contribution in [0.15, 0.2) is 30.7 Å². The van der Waals surface area contributed by atoms with Gasteiger partial charge in [-0.05, 0) is 18.6 Å². The highest BCUT2D eigenvalue weighted by atomic mass is 19.2. The smallest absolute Gasteiger partial charge is 0.168 e. The van der Waals surface area contributed by atoms with Crippen molar-refractivity contribution in [3.05, 3.63) is 42.4 Å². The Bertz CT molecular complexity index is 983. The predicted molar refractivity (Wildman–Crippen MR) is 92.7 cm³/mol. The van der Waals surface area contributed by atoms with Gasteiger partial charge in [0.15, 0.2) is 17.3 Å². The van der Waals surface area contributed by atoms with Crippen molar-refractivity contribution in [2.45, 2.75) is 18.6 Å². The van der Waals surface area contributed by atoms with E-state index in [-0.39, 0.29) is 12.2 Å². The van der Waals surface area contributed by atoms with Crippen LogP contribution in [0, 0.1) is 17.6 Å². The minimum atomic E-state index is -0.934. The molecular weight excluding hydrogens is 356 g/mol. The maximum Gasteiger partial charge on any atom is 0.168 e. The van der Waals surface area contributed by atoms with E-state index in [2.05, 4.69) is 20.4 Å². The van der Waals surface area contributed by atoms with Crippen LogP contribution >= 0.6 is 0 Å². The van der Waals surface area contributed by atoms with Gasteiger partial charge in [0.05, 0.1) is 42.7 Å². The predicted octanol–water partition coefficient (Wildman–Crippen LogP) is 2.31. The molecule has 2 aliphatic heterocycles. The van der Waals surface area contributed by atoms with Gasteiger partial charge in [-0.25, -0.2) is 23.4 Å². The Morgan fingerprint density at radius 2 is 2.11 bits per heavy atom. The first-order chi connectivity index (χ1) is 13.2. The van der Waals surface area contributed by atoms with Crippen molar-refractivity contribution in [3.63, 3.8) is 0 Å². The number of aromatic nitrogens is 4. The van der Waals surface area contributed by atoms with Crippen molar-refractivity contribution in [3.8, 4) is 5.69 Å². The Labute approximate surface area is 153 Å². The summed E-state index contributed by atoms with van der Waals surface area (Å²) in [6.07, 6.45) is 4.28. The lowest BCUT2D eigenvalue weighted by atomic mass is 10.0. The molecule has 3 atom stereocenters. The van der Waals surface area contributed by atoms with Crippen molar-refractivity contribution in [2.75, 3.05) is 25.1 Å². The molecule has 3 aromatic rings. The molecule has 0 bridgehead atoms. The van der Waals surface area contributed by atoms with Crippen LogP contribution in [-0.2, 0) is 9.47 Å². The minimum Gasteiger partial charge on any atom is -0.378 e. The van der Waals surface area contributed by atoms with Crippen molar-refractivity contribution >= 4 is 16.9 Å². The van der Waals surface area contributed by atoms with E-state index in [0.29, 0.717) is 41.6 Å². The largest absolute Gasteiger partial charge is 0.378 e. The third kappa shape index (κ3) is 2.92. The van der Waals surface area contributed by atoms with Crippen LogP contribution in [0.3, 0.4) is 0 Å². The topological polar surface area (TPSA) is 74.1 Å². The maximum absolute atomic E-state index is 13.6. The molecule has 0 amide bonds. The molecule has 1 N–H and O–H groups in total. The standard InChI is InChI=1S/C18H17F2N5O2/c19-14-2-1-11(4-15(14)20)25-18-13(6-24-25)17(22-9-23-18)21-5-12-3-10-7-26-8-16(10)27-12/h1-2,4,6,9-10,12,16H,3,5,7-8H2,(H,21,22,23)/t10-,12?,16+/m1/s1. The van der Waals surface area contributed by atoms with E-state index in [4.69, 9.17) is 9.47 Å². The van der Waals surface area contributed by atoms with Crippen LogP contribution in [0.2, 0.25) is 0 Å². The van der Waals surface area contributed by atoms with Gasteiger partial charge in [-0.2, -0.15) is 5.10 Å². The molecule has 140 valence electrons. The molecule has 27 heavy (non-hydrogen) atoms. The number of nitrogens with one attached hydrogen (secondary N) is 1. The third-order valence-corrected chi connectivity index (χ3v) is 5.08. The summed E-state index contributed by atoms with van der Waals surface area (Å²) in [5, 5.41) is 8.26. The molecule has 4 heterocycles. The Kier molecular flexibility index (Phi) is 3.98. The van der Waals surface area contributed by atoms with Gasteiger partial charge in [0.1, 0.15) is 12.1 Å². The zero-order valence-corrected chi connectivity index (χ0v) is 14.3. The van der Waals surface area contributed by atoms with Crippen LogP contribution in [0.1, 0.15) is 6.42 Å². The van der Waals surface area contributed by atoms with E-state index >= 15 is 0 Å². The minimum absolute atomic E-state index is 0.107. The monoisotopic (exact) mass is 373 g/mol. The van der Waals surface area contributed by atoms with Crippen LogP contribution < -0.4 is 5.32 Å². The first-order valence-corrected chi connectivity index (χ1v) is 8.80. The number of rotatable bonds is 4. The molecule has 1 unspecified atom stereocenters. The number of ether oxygens (including phenoxy) is 2. The number of halogens is 2. The Morgan fingerprint density at radius 1 is 1.19 bits per heavy atom. The number of anilines is 1. The zero-order chi connectivity index (χ0) is 18.4. The summed E-state index contributed by atoms with van der Waals surface area (Å²) in [4.78, 5) is 8.53. The number of benzene rings is 1. The van der Waals surface area contributed by atoms with Crippen LogP contribution in [0.4, 0.5) is 14.6 Å². The van der Waals surface area contributed by atoms with Gasteiger partial charge in [0, 0.05) is 18.5 Å². The zero-order valence-electron chi connectivity index (χ0n) is 14.3. The molecule has 2 aromatic heterocycles. The van der Waals surface area contributed by atoms with E-state index in [0.717, 1.165) is 25.2 Å². The number of hydrogen-bond acceptors (Lipinski definition) is 6. The van der Waals surface area contributed by atoms with Gasteiger partial charge in [-0.1, -0.05) is 0 Å². The summed E-state index contributed by atoms with van der Waals surface area (Å²) < 4.78 is 39.6. The first kappa shape index (κ1) is 16.5. The quantitative estimate of drug-likeness (QED) is 0.757. The van der Waals surface area contributed by atoms with Gasteiger partial charge in [0.25, 0.3) is 0 Å². The van der Waals surface area contributed by atoms with E-state index in [9.17, 15) is 8.78 Å². The van der Waals surface area contributed by atoms with Gasteiger partial charge >= 0.3 is 0 Å². The molecule has 0 spiro atoms. The lowest BCUT2D eigenvalue weighted by molar-refractivity contribution is 0.0260. The number of hydrogen-bond donors (Lipinski definition) is 1. The molecule has 0 radical (unpaired) electrons. The van der Waals surface area contributed by atoms with Crippen LogP contribution in [-0.4, -0.2) is 51.7 Å². The van der Waals surface area contributed by atoms with Crippen molar-refractivity contribution < 1.29 is 18.3 Å². The Hall–Kier alpha value is -2.65. The summed E-state index contributed by atoms with van der Waals surface area (Å²) >= 11 is 0. The molecule has 2 aliphatic rings. The highest BCUT2D eigenvalue weighted by Crippen LogP contribution is 2.31. The maximum atomic E-state index is 13.6. The van der Waals surface area contributed by atoms with E-state index in [1.165, 1.54) is 17.1 Å². The Morgan fingerprint density at radius 3 is 2.96 bits per heavy atom. The fourth-order valence-electron chi connectivity index (χ4n) is 3.72. The number of nitrogens with zero attached hydrogens (tertiary/aromatic N) is 4. The molecule has 5 rings (SSSR count). The second-order valence-corrected chi connectivity index (χ2v) is 6.83. The van der Waals surface area contributed by atoms with Crippen molar-refractivity contribution in [1.82, 2.24) is 19.7 Å². The molecule has 2 fully saturated rings. The fourth-order valence-corrected chi connectivity index (χ4v) is 3.72. The second kappa shape index (κ2) is 6.50. The summed E-state index contributed by atoms with van der Waals surface area (Å²) in [5.41, 5.74) is 0.900. The van der Waals surface area contributed by atoms with Crippen molar-refractivity contribution in [2.24, 2.45) is 5.92 Å². The first-order valence-electron chi connectivity index (χ1n) is 8.80. The molecule has 0 aliphatic carbocycles. The third-order valence-electron chi connectivity index (χ3n) is 5.08. The number of fused-ring (bicyclic) bond motifs is 2. The van der Waals surface area contributed by atoms with Gasteiger partial charge in [0.2, 0.25) is 0 Å². The summed E-state index contributed by atoms with van der Waals surface area (Å²) in [5.74, 6) is -0.737. The summed E-state index contributed by atoms with van der Waals surface area (Å²) in [6, 6.07) is 3.61. The van der Waals surface area contributed by atoms with E-state index in [1.54, 1.807) is 6.20 Å². The summed E-state index contributed by atoms with van der Waals surface area (Å²) in [7, 11) is 0. The fraction of sp³-hybridized carbons (Fsp3) is 0.389. The average Bonchev–Trinajstić information content (AvgIpc) is 3.36. The highest BCUT2D eigenvalue weighted by molar-refractivity contribution is 5.87. The molecule has 2 saturated heterocycles. The SMILES string of the molecule is Fc1ccc(-n2ncc3c(NCC4C[C@@H]5COC[C@@H]5O4)ncnc32)cc1F.